The van der Waals surface area contributed by atoms with Crippen LogP contribution in [-0.2, 0) is 6.54 Å². The Labute approximate surface area is 161 Å². The van der Waals surface area contributed by atoms with Crippen molar-refractivity contribution in [2.45, 2.75) is 63.5 Å². The largest absolute Gasteiger partial charge is 0.335 e. The Balaban J connectivity index is 1.39. The standard InChI is InChI=1S/C21H29N5O/c27-21(24-19-8-2-1-3-9-19)26-12-5-7-18(16-26)20-23-11-13-25(20)15-17-6-4-10-22-14-17/h4,6,10-11,13-14,18-19H,1-3,5,7-9,12,15-16H2,(H,24,27)/t18-/m0/s1. The van der Waals surface area contributed by atoms with Crippen molar-refractivity contribution in [3.05, 3.63) is 48.3 Å². The van der Waals surface area contributed by atoms with Gasteiger partial charge in [0.2, 0.25) is 0 Å². The van der Waals surface area contributed by atoms with E-state index in [2.05, 4.69) is 25.9 Å². The zero-order chi connectivity index (χ0) is 18.5. The number of pyridine rings is 1. The van der Waals surface area contributed by atoms with E-state index in [9.17, 15) is 4.79 Å². The summed E-state index contributed by atoms with van der Waals surface area (Å²) in [6.07, 6.45) is 15.7. The normalized spacial score (nSPS) is 21.2. The number of urea groups is 1. The maximum Gasteiger partial charge on any atom is 0.317 e. The van der Waals surface area contributed by atoms with Crippen LogP contribution in [0.25, 0.3) is 0 Å². The number of carbonyl (C=O) groups excluding carboxylic acids is 1. The molecule has 0 aromatic carbocycles. The predicted molar refractivity (Wildman–Crippen MR) is 105 cm³/mol. The summed E-state index contributed by atoms with van der Waals surface area (Å²) in [6, 6.07) is 4.52. The monoisotopic (exact) mass is 367 g/mol. The van der Waals surface area contributed by atoms with Gasteiger partial charge in [-0.1, -0.05) is 25.3 Å². The van der Waals surface area contributed by atoms with E-state index in [1.165, 1.54) is 24.8 Å². The average molecular weight is 367 g/mol. The van der Waals surface area contributed by atoms with Crippen molar-refractivity contribution >= 4 is 6.03 Å². The molecule has 1 atom stereocenters. The quantitative estimate of drug-likeness (QED) is 0.899. The van der Waals surface area contributed by atoms with Gasteiger partial charge in [0.1, 0.15) is 5.82 Å². The third kappa shape index (κ3) is 4.49. The van der Waals surface area contributed by atoms with Crippen LogP contribution in [0, 0.1) is 0 Å². The number of aromatic nitrogens is 3. The van der Waals surface area contributed by atoms with E-state index in [-0.39, 0.29) is 6.03 Å². The molecule has 1 saturated carbocycles. The average Bonchev–Trinajstić information content (AvgIpc) is 3.18. The second-order valence-corrected chi connectivity index (χ2v) is 7.84. The fourth-order valence-electron chi connectivity index (χ4n) is 4.39. The van der Waals surface area contributed by atoms with E-state index in [1.807, 2.05) is 29.6 Å². The van der Waals surface area contributed by atoms with Gasteiger partial charge in [0, 0.05) is 49.8 Å². The number of rotatable bonds is 4. The summed E-state index contributed by atoms with van der Waals surface area (Å²) in [5.41, 5.74) is 1.17. The molecule has 0 unspecified atom stereocenters. The highest BCUT2D eigenvalue weighted by atomic mass is 16.2. The molecule has 4 rings (SSSR count). The summed E-state index contributed by atoms with van der Waals surface area (Å²) in [5.74, 6) is 1.37. The minimum atomic E-state index is 0.108. The number of imidazole rings is 1. The molecule has 0 radical (unpaired) electrons. The first-order valence-electron chi connectivity index (χ1n) is 10.2. The van der Waals surface area contributed by atoms with Crippen LogP contribution in [0.5, 0.6) is 0 Å². The number of nitrogens with zero attached hydrogens (tertiary/aromatic N) is 4. The Hall–Kier alpha value is -2.37. The molecular formula is C21H29N5O. The zero-order valence-corrected chi connectivity index (χ0v) is 15.9. The first kappa shape index (κ1) is 18.0. The molecule has 2 aromatic rings. The first-order valence-corrected chi connectivity index (χ1v) is 10.2. The minimum Gasteiger partial charge on any atom is -0.335 e. The van der Waals surface area contributed by atoms with E-state index in [4.69, 9.17) is 0 Å². The Morgan fingerprint density at radius 3 is 2.85 bits per heavy atom. The number of hydrogen-bond acceptors (Lipinski definition) is 3. The van der Waals surface area contributed by atoms with Gasteiger partial charge in [0.25, 0.3) is 0 Å². The fourth-order valence-corrected chi connectivity index (χ4v) is 4.39. The van der Waals surface area contributed by atoms with Crippen LogP contribution in [-0.4, -0.2) is 44.6 Å². The van der Waals surface area contributed by atoms with Crippen molar-refractivity contribution < 1.29 is 4.79 Å². The van der Waals surface area contributed by atoms with Gasteiger partial charge in [0.15, 0.2) is 0 Å². The SMILES string of the molecule is O=C(NC1CCCCC1)N1CCC[C@H](c2nccn2Cc2cccnc2)C1. The van der Waals surface area contributed by atoms with Gasteiger partial charge in [-0.05, 0) is 37.3 Å². The summed E-state index contributed by atoms with van der Waals surface area (Å²) in [5, 5.41) is 3.26. The van der Waals surface area contributed by atoms with Crippen molar-refractivity contribution in [3.63, 3.8) is 0 Å². The number of hydrogen-bond donors (Lipinski definition) is 1. The molecule has 1 N–H and O–H groups in total. The molecule has 6 heteroatoms. The molecule has 6 nitrogen and oxygen atoms in total. The Kier molecular flexibility index (Phi) is 5.70. The van der Waals surface area contributed by atoms with E-state index in [1.54, 1.807) is 6.20 Å². The zero-order valence-electron chi connectivity index (χ0n) is 15.9. The molecule has 3 heterocycles. The van der Waals surface area contributed by atoms with E-state index in [0.29, 0.717) is 12.0 Å². The molecule has 2 amide bonds. The maximum atomic E-state index is 12.7. The van der Waals surface area contributed by atoms with E-state index < -0.39 is 0 Å². The number of amides is 2. The highest BCUT2D eigenvalue weighted by Gasteiger charge is 2.28. The molecule has 0 bridgehead atoms. The van der Waals surface area contributed by atoms with Crippen LogP contribution in [0.3, 0.4) is 0 Å². The van der Waals surface area contributed by atoms with E-state index >= 15 is 0 Å². The van der Waals surface area contributed by atoms with Gasteiger partial charge in [-0.2, -0.15) is 0 Å². The van der Waals surface area contributed by atoms with Crippen LogP contribution >= 0.6 is 0 Å². The third-order valence-electron chi connectivity index (χ3n) is 5.83. The molecule has 2 fully saturated rings. The minimum absolute atomic E-state index is 0.108. The summed E-state index contributed by atoms with van der Waals surface area (Å²) in [7, 11) is 0. The van der Waals surface area contributed by atoms with Crippen molar-refractivity contribution in [2.75, 3.05) is 13.1 Å². The molecule has 2 aromatic heterocycles. The lowest BCUT2D eigenvalue weighted by Crippen LogP contribution is -2.48. The van der Waals surface area contributed by atoms with Crippen LogP contribution in [0.1, 0.15) is 62.3 Å². The van der Waals surface area contributed by atoms with Crippen LogP contribution in [0.15, 0.2) is 36.9 Å². The molecule has 144 valence electrons. The summed E-state index contributed by atoms with van der Waals surface area (Å²) in [6.45, 7) is 2.37. The fraction of sp³-hybridized carbons (Fsp3) is 0.571. The Morgan fingerprint density at radius 1 is 1.15 bits per heavy atom. The number of nitrogens with one attached hydrogen (secondary N) is 1. The molecule has 27 heavy (non-hydrogen) atoms. The number of likely N-dealkylation sites (tertiary alicyclic amines) is 1. The van der Waals surface area contributed by atoms with Crippen molar-refractivity contribution in [1.29, 1.82) is 0 Å². The van der Waals surface area contributed by atoms with Crippen molar-refractivity contribution in [3.8, 4) is 0 Å². The Morgan fingerprint density at radius 2 is 2.04 bits per heavy atom. The molecule has 1 saturated heterocycles. The molecule has 2 aliphatic rings. The summed E-state index contributed by atoms with van der Waals surface area (Å²) >= 11 is 0. The van der Waals surface area contributed by atoms with Crippen LogP contribution in [0.2, 0.25) is 0 Å². The van der Waals surface area contributed by atoms with Gasteiger partial charge < -0.3 is 14.8 Å². The van der Waals surface area contributed by atoms with Gasteiger partial charge in [-0.15, -0.1) is 0 Å². The highest BCUT2D eigenvalue weighted by Crippen LogP contribution is 2.27. The van der Waals surface area contributed by atoms with Crippen LogP contribution < -0.4 is 5.32 Å². The van der Waals surface area contributed by atoms with Crippen LogP contribution in [0.4, 0.5) is 4.79 Å². The summed E-state index contributed by atoms with van der Waals surface area (Å²) < 4.78 is 2.20. The smallest absolute Gasteiger partial charge is 0.317 e. The van der Waals surface area contributed by atoms with Crippen molar-refractivity contribution in [2.24, 2.45) is 0 Å². The lowest BCUT2D eigenvalue weighted by Gasteiger charge is -2.34. The van der Waals surface area contributed by atoms with Gasteiger partial charge in [-0.3, -0.25) is 4.98 Å². The number of carbonyl (C=O) groups is 1. The maximum absolute atomic E-state index is 12.7. The van der Waals surface area contributed by atoms with Gasteiger partial charge in [-0.25, -0.2) is 9.78 Å². The molecule has 1 aliphatic carbocycles. The third-order valence-corrected chi connectivity index (χ3v) is 5.83. The van der Waals surface area contributed by atoms with Crippen molar-refractivity contribution in [1.82, 2.24) is 24.8 Å². The topological polar surface area (TPSA) is 63.1 Å². The number of piperidine rings is 1. The lowest BCUT2D eigenvalue weighted by molar-refractivity contribution is 0.171. The summed E-state index contributed by atoms with van der Waals surface area (Å²) in [4.78, 5) is 23.6. The first-order chi connectivity index (χ1) is 13.3. The second-order valence-electron chi connectivity index (χ2n) is 7.84. The lowest BCUT2D eigenvalue weighted by atomic mass is 9.95. The molecule has 0 spiro atoms. The van der Waals surface area contributed by atoms with Gasteiger partial charge in [0.05, 0.1) is 6.54 Å². The van der Waals surface area contributed by atoms with Gasteiger partial charge >= 0.3 is 6.03 Å². The second kappa shape index (κ2) is 8.55. The van der Waals surface area contributed by atoms with E-state index in [0.717, 1.165) is 51.1 Å². The Bertz CT molecular complexity index is 738. The highest BCUT2D eigenvalue weighted by molar-refractivity contribution is 5.74. The predicted octanol–water partition coefficient (Wildman–Crippen LogP) is 3.55. The molecule has 1 aliphatic heterocycles. The molecular weight excluding hydrogens is 338 g/mol.